The highest BCUT2D eigenvalue weighted by Crippen LogP contribution is 2.49. The number of nitrogens with one attached hydrogen (secondary N) is 1. The Balaban J connectivity index is 1.73. The van der Waals surface area contributed by atoms with Crippen molar-refractivity contribution in [3.05, 3.63) is 88.3 Å². The molecule has 7 nitrogen and oxygen atoms in total. The maximum atomic E-state index is 13.0. The van der Waals surface area contributed by atoms with Crippen molar-refractivity contribution < 1.29 is 23.7 Å². The van der Waals surface area contributed by atoms with Crippen LogP contribution in [-0.2, 0) is 0 Å². The summed E-state index contributed by atoms with van der Waals surface area (Å²) in [5.41, 5.74) is 1.88. The number of aromatic hydroxyl groups is 1. The van der Waals surface area contributed by atoms with Gasteiger partial charge in [-0.05, 0) is 48.0 Å². The lowest BCUT2D eigenvalue weighted by atomic mass is 10.0. The molecule has 1 aliphatic rings. The molecule has 0 aliphatic carbocycles. The summed E-state index contributed by atoms with van der Waals surface area (Å²) in [7, 11) is 4.69. The first-order chi connectivity index (χ1) is 17.0. The molecule has 2 heterocycles. The molecule has 1 aliphatic heterocycles. The Bertz CT molecular complexity index is 1480. The van der Waals surface area contributed by atoms with Crippen molar-refractivity contribution in [2.24, 2.45) is 0 Å². The number of para-hydroxylation sites is 2. The summed E-state index contributed by atoms with van der Waals surface area (Å²) in [6.07, 6.45) is 1.89. The molecule has 0 saturated carbocycles. The molecule has 0 spiro atoms. The summed E-state index contributed by atoms with van der Waals surface area (Å²) < 4.78 is 22.1. The van der Waals surface area contributed by atoms with Crippen LogP contribution in [0.25, 0.3) is 16.7 Å². The standard InChI is InChI=1S/C27H23NO6S/c1-31-20-12-15(13-21(32-2)26(20)33-3)23-14-18(28-17-9-5-7-11-22(17)35-23)24-25(29)16-8-4-6-10-19(16)34-27(24)30/h4-14,23,28-29H,1-3H3. The van der Waals surface area contributed by atoms with E-state index in [-0.39, 0.29) is 16.6 Å². The van der Waals surface area contributed by atoms with Gasteiger partial charge in [-0.3, -0.25) is 0 Å². The summed E-state index contributed by atoms with van der Waals surface area (Å²) in [5.74, 6) is 1.41. The van der Waals surface area contributed by atoms with Crippen LogP contribution in [0.15, 0.2) is 80.8 Å². The Morgan fingerprint density at radius 3 is 2.34 bits per heavy atom. The van der Waals surface area contributed by atoms with Gasteiger partial charge in [0.05, 0.1) is 43.3 Å². The zero-order valence-corrected chi connectivity index (χ0v) is 20.1. The molecule has 178 valence electrons. The molecule has 4 aromatic rings. The van der Waals surface area contributed by atoms with E-state index in [4.69, 9.17) is 18.6 Å². The molecule has 1 unspecified atom stereocenters. The van der Waals surface area contributed by atoms with E-state index >= 15 is 0 Å². The maximum Gasteiger partial charge on any atom is 0.349 e. The fourth-order valence-corrected chi connectivity index (χ4v) is 5.28. The smallest absolute Gasteiger partial charge is 0.349 e. The molecule has 1 aromatic heterocycles. The first kappa shape index (κ1) is 22.7. The van der Waals surface area contributed by atoms with Crippen LogP contribution < -0.4 is 25.2 Å². The average molecular weight is 490 g/mol. The second-order valence-electron chi connectivity index (χ2n) is 7.81. The summed E-state index contributed by atoms with van der Waals surface area (Å²) in [4.78, 5) is 14.0. The van der Waals surface area contributed by atoms with Crippen molar-refractivity contribution in [1.29, 1.82) is 0 Å². The Labute approximate surface area is 205 Å². The molecule has 5 rings (SSSR count). The number of rotatable bonds is 5. The van der Waals surface area contributed by atoms with Gasteiger partial charge >= 0.3 is 5.63 Å². The summed E-state index contributed by atoms with van der Waals surface area (Å²) in [6.45, 7) is 0. The van der Waals surface area contributed by atoms with Gasteiger partial charge in [-0.1, -0.05) is 24.3 Å². The lowest BCUT2D eigenvalue weighted by molar-refractivity contribution is 0.324. The third-order valence-corrected chi connectivity index (χ3v) is 7.07. The highest BCUT2D eigenvalue weighted by molar-refractivity contribution is 7.99. The Kier molecular flexibility index (Phi) is 6.05. The van der Waals surface area contributed by atoms with Crippen molar-refractivity contribution in [1.82, 2.24) is 0 Å². The fraction of sp³-hybridized carbons (Fsp3) is 0.148. The highest BCUT2D eigenvalue weighted by Gasteiger charge is 2.26. The van der Waals surface area contributed by atoms with E-state index in [9.17, 15) is 9.90 Å². The minimum atomic E-state index is -0.632. The van der Waals surface area contributed by atoms with Gasteiger partial charge in [0, 0.05) is 4.90 Å². The zero-order valence-electron chi connectivity index (χ0n) is 19.3. The molecule has 0 radical (unpaired) electrons. The van der Waals surface area contributed by atoms with Gasteiger partial charge < -0.3 is 29.1 Å². The molecule has 0 amide bonds. The third kappa shape index (κ3) is 4.06. The maximum absolute atomic E-state index is 13.0. The lowest BCUT2D eigenvalue weighted by Crippen LogP contribution is -2.12. The topological polar surface area (TPSA) is 90.2 Å². The van der Waals surface area contributed by atoms with Crippen LogP contribution in [0.3, 0.4) is 0 Å². The number of hydrogen-bond donors (Lipinski definition) is 2. The van der Waals surface area contributed by atoms with Crippen LogP contribution in [0.5, 0.6) is 23.0 Å². The van der Waals surface area contributed by atoms with Crippen LogP contribution in [0.2, 0.25) is 0 Å². The second kappa shape index (κ2) is 9.31. The molecule has 8 heteroatoms. The van der Waals surface area contributed by atoms with Gasteiger partial charge in [-0.25, -0.2) is 4.79 Å². The minimum Gasteiger partial charge on any atom is -0.506 e. The summed E-state index contributed by atoms with van der Waals surface area (Å²) in [5, 5.41) is 14.6. The van der Waals surface area contributed by atoms with Crippen LogP contribution in [0, 0.1) is 0 Å². The molecule has 35 heavy (non-hydrogen) atoms. The molecule has 0 fully saturated rings. The average Bonchev–Trinajstić information content (AvgIpc) is 3.07. The number of hydrogen-bond acceptors (Lipinski definition) is 8. The van der Waals surface area contributed by atoms with Crippen LogP contribution in [0.1, 0.15) is 16.4 Å². The van der Waals surface area contributed by atoms with Crippen LogP contribution in [0.4, 0.5) is 5.69 Å². The number of thioether (sulfide) groups is 1. The van der Waals surface area contributed by atoms with Crippen LogP contribution in [-0.4, -0.2) is 26.4 Å². The number of fused-ring (bicyclic) bond motifs is 2. The summed E-state index contributed by atoms with van der Waals surface area (Å²) in [6, 6.07) is 18.4. The largest absolute Gasteiger partial charge is 0.506 e. The minimum absolute atomic E-state index is 0.0680. The molecular weight excluding hydrogens is 466 g/mol. The van der Waals surface area contributed by atoms with Gasteiger partial charge in [0.2, 0.25) is 5.75 Å². The molecule has 0 saturated heterocycles. The van der Waals surface area contributed by atoms with Crippen molar-refractivity contribution in [2.75, 3.05) is 26.6 Å². The van der Waals surface area contributed by atoms with E-state index in [0.717, 1.165) is 16.1 Å². The first-order valence-electron chi connectivity index (χ1n) is 10.8. The molecule has 2 N–H and O–H groups in total. The van der Waals surface area contributed by atoms with Crippen molar-refractivity contribution >= 4 is 34.1 Å². The van der Waals surface area contributed by atoms with E-state index < -0.39 is 5.63 Å². The number of methoxy groups -OCH3 is 3. The van der Waals surface area contributed by atoms with Crippen molar-refractivity contribution in [3.8, 4) is 23.0 Å². The Morgan fingerprint density at radius 1 is 0.943 bits per heavy atom. The Hall–Kier alpha value is -4.04. The van der Waals surface area contributed by atoms with E-state index in [2.05, 4.69) is 5.32 Å². The van der Waals surface area contributed by atoms with Gasteiger partial charge in [0.1, 0.15) is 16.9 Å². The van der Waals surface area contributed by atoms with Crippen LogP contribution >= 0.6 is 11.8 Å². The predicted molar refractivity (Wildman–Crippen MR) is 137 cm³/mol. The van der Waals surface area contributed by atoms with Gasteiger partial charge in [-0.15, -0.1) is 11.8 Å². The fourth-order valence-electron chi connectivity index (χ4n) is 4.13. The molecule has 1 atom stereocenters. The third-order valence-electron chi connectivity index (χ3n) is 5.80. The quantitative estimate of drug-likeness (QED) is 0.339. The highest BCUT2D eigenvalue weighted by atomic mass is 32.2. The monoisotopic (exact) mass is 489 g/mol. The normalized spacial score (nSPS) is 14.9. The van der Waals surface area contributed by atoms with E-state index in [1.54, 1.807) is 57.4 Å². The predicted octanol–water partition coefficient (Wildman–Crippen LogP) is 5.82. The first-order valence-corrected chi connectivity index (χ1v) is 11.7. The van der Waals surface area contributed by atoms with Crippen molar-refractivity contribution in [2.45, 2.75) is 10.1 Å². The van der Waals surface area contributed by atoms with Gasteiger partial charge in [0.15, 0.2) is 11.5 Å². The summed E-state index contributed by atoms with van der Waals surface area (Å²) >= 11 is 1.59. The number of benzene rings is 3. The van der Waals surface area contributed by atoms with E-state index in [1.807, 2.05) is 42.5 Å². The SMILES string of the molecule is COc1cc(C2C=C(c3c(O)c4ccccc4oc3=O)Nc3ccccc3S2)cc(OC)c1OC. The Morgan fingerprint density at radius 2 is 1.63 bits per heavy atom. The molecule has 0 bridgehead atoms. The van der Waals surface area contributed by atoms with Crippen molar-refractivity contribution in [3.63, 3.8) is 0 Å². The number of anilines is 1. The number of ether oxygens (including phenoxy) is 3. The van der Waals surface area contributed by atoms with Gasteiger partial charge in [0.25, 0.3) is 0 Å². The zero-order chi connectivity index (χ0) is 24.5. The molecular formula is C27H23NO6S. The van der Waals surface area contributed by atoms with E-state index in [0.29, 0.717) is 33.9 Å². The van der Waals surface area contributed by atoms with Gasteiger partial charge in [-0.2, -0.15) is 0 Å². The van der Waals surface area contributed by atoms with E-state index in [1.165, 1.54) is 0 Å². The molecule has 3 aromatic carbocycles. The lowest BCUT2D eigenvalue weighted by Gasteiger charge is -2.18. The second-order valence-corrected chi connectivity index (χ2v) is 8.99.